The molecule has 0 fully saturated rings. The van der Waals surface area contributed by atoms with Crippen molar-refractivity contribution in [3.8, 4) is 0 Å². The largest absolute Gasteiger partial charge is 0.344 e. The molecule has 0 aromatic heterocycles. The van der Waals surface area contributed by atoms with Crippen molar-refractivity contribution in [2.24, 2.45) is 5.92 Å². The Morgan fingerprint density at radius 2 is 1.14 bits per heavy atom. The van der Waals surface area contributed by atoms with Crippen LogP contribution in [-0.2, 0) is 28.8 Å². The minimum Gasteiger partial charge on any atom is -0.344 e. The zero-order valence-corrected chi connectivity index (χ0v) is 24.2. The summed E-state index contributed by atoms with van der Waals surface area (Å²) in [5.74, 6) is -0.929. The number of carbonyl (C=O) groups is 6. The average molecular weight is 546 g/mol. The second-order valence-corrected chi connectivity index (χ2v) is 10.3. The van der Waals surface area contributed by atoms with E-state index in [-0.39, 0.29) is 70.9 Å². The molecular weight excluding hydrogens is 502 g/mol. The first kappa shape index (κ1) is 34.1. The molecule has 11 heteroatoms. The van der Waals surface area contributed by atoms with Gasteiger partial charge in [-0.15, -0.1) is 0 Å². The van der Waals surface area contributed by atoms with E-state index in [1.54, 1.807) is 23.6 Å². The third-order valence-electron chi connectivity index (χ3n) is 5.71. The first-order valence-corrected chi connectivity index (χ1v) is 14.7. The van der Waals surface area contributed by atoms with Gasteiger partial charge >= 0.3 is 0 Å². The third kappa shape index (κ3) is 12.9. The van der Waals surface area contributed by atoms with Crippen LogP contribution in [0.2, 0.25) is 0 Å². The molecule has 0 aliphatic rings. The SMILES string of the molecule is CCC(=O)C[C@@H](CSC(=O)CCC(=O)SC[C@H](NC(=O)CC)C(=O)N(CC)CC)C(=O)N(CC)CC. The molecule has 9 nitrogen and oxygen atoms in total. The molecule has 36 heavy (non-hydrogen) atoms. The van der Waals surface area contributed by atoms with Crippen LogP contribution >= 0.6 is 23.5 Å². The summed E-state index contributed by atoms with van der Waals surface area (Å²) in [7, 11) is 0. The number of amides is 3. The van der Waals surface area contributed by atoms with E-state index in [2.05, 4.69) is 5.32 Å². The second-order valence-electron chi connectivity index (χ2n) is 8.15. The number of likely N-dealkylation sites (N-methyl/N-ethyl adjacent to an activating group) is 1. The van der Waals surface area contributed by atoms with E-state index in [1.165, 1.54) is 0 Å². The van der Waals surface area contributed by atoms with Crippen LogP contribution in [0.25, 0.3) is 0 Å². The van der Waals surface area contributed by atoms with Crippen molar-refractivity contribution >= 4 is 57.3 Å². The lowest BCUT2D eigenvalue weighted by atomic mass is 10.0. The van der Waals surface area contributed by atoms with Gasteiger partial charge in [-0.05, 0) is 27.7 Å². The highest BCUT2D eigenvalue weighted by molar-refractivity contribution is 8.14. The molecular formula is C25H43N3O6S2. The lowest BCUT2D eigenvalue weighted by Crippen LogP contribution is -2.50. The van der Waals surface area contributed by atoms with Crippen molar-refractivity contribution in [1.82, 2.24) is 15.1 Å². The molecule has 0 aromatic carbocycles. The predicted molar refractivity (Wildman–Crippen MR) is 146 cm³/mol. The molecule has 206 valence electrons. The minimum atomic E-state index is -0.806. The molecule has 0 spiro atoms. The van der Waals surface area contributed by atoms with Crippen LogP contribution in [0.5, 0.6) is 0 Å². The summed E-state index contributed by atoms with van der Waals surface area (Å²) in [6.07, 6.45) is 0.663. The number of nitrogens with one attached hydrogen (secondary N) is 1. The van der Waals surface area contributed by atoms with Crippen molar-refractivity contribution in [3.63, 3.8) is 0 Å². The van der Waals surface area contributed by atoms with Gasteiger partial charge < -0.3 is 15.1 Å². The molecule has 0 aliphatic carbocycles. The first-order chi connectivity index (χ1) is 17.1. The van der Waals surface area contributed by atoms with Crippen LogP contribution < -0.4 is 5.32 Å². The van der Waals surface area contributed by atoms with Crippen LogP contribution in [0.15, 0.2) is 0 Å². The summed E-state index contributed by atoms with van der Waals surface area (Å²) >= 11 is 1.91. The summed E-state index contributed by atoms with van der Waals surface area (Å²) in [6, 6.07) is -0.806. The van der Waals surface area contributed by atoms with Crippen LogP contribution in [0.1, 0.15) is 73.6 Å². The van der Waals surface area contributed by atoms with E-state index in [1.807, 2.05) is 27.7 Å². The molecule has 0 saturated heterocycles. The Bertz CT molecular complexity index is 692. The number of ketones is 1. The van der Waals surface area contributed by atoms with Crippen molar-refractivity contribution in [1.29, 1.82) is 0 Å². The van der Waals surface area contributed by atoms with Gasteiger partial charge in [0.15, 0.2) is 10.2 Å². The van der Waals surface area contributed by atoms with Crippen molar-refractivity contribution in [2.75, 3.05) is 37.7 Å². The van der Waals surface area contributed by atoms with Crippen LogP contribution in [0, 0.1) is 5.92 Å². The van der Waals surface area contributed by atoms with Crippen LogP contribution in [0.3, 0.4) is 0 Å². The number of Topliss-reactive ketones (excluding diaryl/α,β-unsaturated/α-hetero) is 1. The number of nitrogens with zero attached hydrogens (tertiary/aromatic N) is 2. The Kier molecular flexibility index (Phi) is 18.3. The number of rotatable bonds is 18. The highest BCUT2D eigenvalue weighted by atomic mass is 32.2. The standard InChI is InChI=1S/C25H43N3O6S2/c1-7-19(29)15-18(24(33)27(9-3)10-4)16-35-22(31)13-14-23(32)36-17-20(26-21(30)8-2)25(34)28(11-5)12-6/h18,20H,7-17H2,1-6H3,(H,26,30)/t18-,20-/m0/s1. The van der Waals surface area contributed by atoms with E-state index < -0.39 is 12.0 Å². The molecule has 1 N–H and O–H groups in total. The minimum absolute atomic E-state index is 0.000379. The van der Waals surface area contributed by atoms with Gasteiger partial charge in [0.2, 0.25) is 17.7 Å². The van der Waals surface area contributed by atoms with Gasteiger partial charge in [0, 0.05) is 69.8 Å². The van der Waals surface area contributed by atoms with E-state index in [0.717, 1.165) is 23.5 Å². The molecule has 0 aliphatic heterocycles. The fraction of sp³-hybridized carbons (Fsp3) is 0.760. The van der Waals surface area contributed by atoms with E-state index in [9.17, 15) is 28.8 Å². The fourth-order valence-corrected chi connectivity index (χ4v) is 5.09. The maximum atomic E-state index is 12.8. The molecule has 0 bridgehead atoms. The Labute approximate surface area is 224 Å². The maximum Gasteiger partial charge on any atom is 0.246 e. The Morgan fingerprint density at radius 1 is 0.667 bits per heavy atom. The molecule has 0 unspecified atom stereocenters. The van der Waals surface area contributed by atoms with E-state index >= 15 is 0 Å². The molecule has 0 aromatic rings. The van der Waals surface area contributed by atoms with Gasteiger partial charge in [-0.2, -0.15) is 0 Å². The number of hydrogen-bond donors (Lipinski definition) is 1. The summed E-state index contributed by atoms with van der Waals surface area (Å²) in [4.78, 5) is 77.3. The van der Waals surface area contributed by atoms with E-state index in [0.29, 0.717) is 32.6 Å². The maximum absolute atomic E-state index is 12.8. The smallest absolute Gasteiger partial charge is 0.246 e. The molecule has 2 atom stereocenters. The van der Waals surface area contributed by atoms with Gasteiger partial charge in [0.1, 0.15) is 11.8 Å². The third-order valence-corrected chi connectivity index (χ3v) is 7.83. The highest BCUT2D eigenvalue weighted by Gasteiger charge is 2.27. The van der Waals surface area contributed by atoms with Gasteiger partial charge in [-0.3, -0.25) is 28.8 Å². The fourth-order valence-electron chi connectivity index (χ4n) is 3.38. The monoisotopic (exact) mass is 545 g/mol. The summed E-state index contributed by atoms with van der Waals surface area (Å²) in [6.45, 7) is 12.9. The second kappa shape index (κ2) is 19.3. The number of thioether (sulfide) groups is 2. The van der Waals surface area contributed by atoms with Gasteiger partial charge in [-0.25, -0.2) is 0 Å². The number of carbonyl (C=O) groups excluding carboxylic acids is 6. The van der Waals surface area contributed by atoms with Crippen molar-refractivity contribution in [3.05, 3.63) is 0 Å². The van der Waals surface area contributed by atoms with E-state index in [4.69, 9.17) is 0 Å². The Morgan fingerprint density at radius 3 is 1.58 bits per heavy atom. The Balaban J connectivity index is 4.87. The lowest BCUT2D eigenvalue weighted by molar-refractivity contribution is -0.136. The normalized spacial score (nSPS) is 12.4. The molecule has 0 saturated carbocycles. The van der Waals surface area contributed by atoms with Crippen LogP contribution in [-0.4, -0.2) is 87.3 Å². The molecule has 0 heterocycles. The average Bonchev–Trinajstić information content (AvgIpc) is 2.88. The van der Waals surface area contributed by atoms with Crippen molar-refractivity contribution < 1.29 is 28.8 Å². The summed E-state index contributed by atoms with van der Waals surface area (Å²) in [5.41, 5.74) is 0. The Hall–Kier alpha value is -1.88. The predicted octanol–water partition coefficient (Wildman–Crippen LogP) is 2.90. The molecule has 3 amide bonds. The van der Waals surface area contributed by atoms with Crippen molar-refractivity contribution in [2.45, 2.75) is 79.7 Å². The van der Waals surface area contributed by atoms with Gasteiger partial charge in [0.25, 0.3) is 0 Å². The number of hydrogen-bond acceptors (Lipinski definition) is 8. The summed E-state index contributed by atoms with van der Waals surface area (Å²) < 4.78 is 0. The quantitative estimate of drug-likeness (QED) is 0.279. The lowest BCUT2D eigenvalue weighted by Gasteiger charge is -2.25. The topological polar surface area (TPSA) is 121 Å². The van der Waals surface area contributed by atoms with Gasteiger partial charge in [-0.1, -0.05) is 37.4 Å². The first-order valence-electron chi connectivity index (χ1n) is 12.8. The molecule has 0 radical (unpaired) electrons. The zero-order valence-electron chi connectivity index (χ0n) is 22.6. The highest BCUT2D eigenvalue weighted by Crippen LogP contribution is 2.20. The van der Waals surface area contributed by atoms with Gasteiger partial charge in [0.05, 0.1) is 5.92 Å². The summed E-state index contributed by atoms with van der Waals surface area (Å²) in [5, 5.41) is 2.21. The van der Waals surface area contributed by atoms with Crippen LogP contribution in [0.4, 0.5) is 0 Å². The molecule has 0 rings (SSSR count). The zero-order chi connectivity index (χ0) is 27.7.